The third kappa shape index (κ3) is 3.45. The van der Waals surface area contributed by atoms with E-state index < -0.39 is 0 Å². The first-order valence-corrected chi connectivity index (χ1v) is 7.10. The fraction of sp³-hybridized carbons (Fsp3) is 0.600. The Bertz CT molecular complexity index is 403. The number of ether oxygens (including phenoxy) is 1. The Morgan fingerprint density at radius 3 is 2.74 bits per heavy atom. The summed E-state index contributed by atoms with van der Waals surface area (Å²) >= 11 is 0. The highest BCUT2D eigenvalue weighted by Gasteiger charge is 2.23. The van der Waals surface area contributed by atoms with Gasteiger partial charge in [0, 0.05) is 19.7 Å². The standard InChI is InChI=1S/C15H23FN2O/c1-2-19-13-7-10-18(11-8-13)15-12(6-9-17)4-3-5-14(15)16/h3-5,13H,2,6-11,17H2,1H3. The van der Waals surface area contributed by atoms with Gasteiger partial charge in [-0.1, -0.05) is 12.1 Å². The molecule has 1 fully saturated rings. The highest BCUT2D eigenvalue weighted by Crippen LogP contribution is 2.28. The molecule has 19 heavy (non-hydrogen) atoms. The van der Waals surface area contributed by atoms with Crippen molar-refractivity contribution in [3.63, 3.8) is 0 Å². The fourth-order valence-corrected chi connectivity index (χ4v) is 2.75. The molecule has 1 aliphatic rings. The zero-order chi connectivity index (χ0) is 13.7. The van der Waals surface area contributed by atoms with E-state index in [1.165, 1.54) is 6.07 Å². The van der Waals surface area contributed by atoms with E-state index in [1.54, 1.807) is 6.07 Å². The minimum absolute atomic E-state index is 0.138. The first-order valence-electron chi connectivity index (χ1n) is 7.10. The predicted octanol–water partition coefficient (Wildman–Crippen LogP) is 2.33. The molecule has 1 heterocycles. The van der Waals surface area contributed by atoms with Crippen LogP contribution in [0.3, 0.4) is 0 Å². The van der Waals surface area contributed by atoms with Gasteiger partial charge in [0.15, 0.2) is 0 Å². The quantitative estimate of drug-likeness (QED) is 0.889. The van der Waals surface area contributed by atoms with Gasteiger partial charge in [-0.3, -0.25) is 0 Å². The van der Waals surface area contributed by atoms with Crippen LogP contribution in [-0.2, 0) is 11.2 Å². The van der Waals surface area contributed by atoms with Gasteiger partial charge in [-0.15, -0.1) is 0 Å². The van der Waals surface area contributed by atoms with E-state index in [4.69, 9.17) is 10.5 Å². The molecule has 0 unspecified atom stereocenters. The maximum absolute atomic E-state index is 14.1. The van der Waals surface area contributed by atoms with E-state index in [1.807, 2.05) is 13.0 Å². The van der Waals surface area contributed by atoms with Crippen molar-refractivity contribution in [1.82, 2.24) is 0 Å². The van der Waals surface area contributed by atoms with Crippen LogP contribution < -0.4 is 10.6 Å². The van der Waals surface area contributed by atoms with Crippen LogP contribution in [0.1, 0.15) is 25.3 Å². The molecule has 2 N–H and O–H groups in total. The second-order valence-corrected chi connectivity index (χ2v) is 4.93. The lowest BCUT2D eigenvalue weighted by Gasteiger charge is -2.34. The predicted molar refractivity (Wildman–Crippen MR) is 76.0 cm³/mol. The van der Waals surface area contributed by atoms with Crippen molar-refractivity contribution in [3.05, 3.63) is 29.6 Å². The number of nitrogens with zero attached hydrogens (tertiary/aromatic N) is 1. The van der Waals surface area contributed by atoms with E-state index in [-0.39, 0.29) is 5.82 Å². The molecule has 106 valence electrons. The average molecular weight is 266 g/mol. The van der Waals surface area contributed by atoms with Crippen molar-refractivity contribution in [1.29, 1.82) is 0 Å². The summed E-state index contributed by atoms with van der Waals surface area (Å²) in [6, 6.07) is 5.26. The van der Waals surface area contributed by atoms with Crippen LogP contribution in [0.4, 0.5) is 10.1 Å². The van der Waals surface area contributed by atoms with E-state index >= 15 is 0 Å². The highest BCUT2D eigenvalue weighted by atomic mass is 19.1. The van der Waals surface area contributed by atoms with Crippen molar-refractivity contribution in [2.24, 2.45) is 5.73 Å². The molecule has 0 radical (unpaired) electrons. The summed E-state index contributed by atoms with van der Waals surface area (Å²) in [5.41, 5.74) is 7.36. The molecule has 0 saturated carbocycles. The van der Waals surface area contributed by atoms with E-state index in [0.29, 0.717) is 12.6 Å². The largest absolute Gasteiger partial charge is 0.378 e. The maximum Gasteiger partial charge on any atom is 0.146 e. The lowest BCUT2D eigenvalue weighted by atomic mass is 10.0. The topological polar surface area (TPSA) is 38.5 Å². The molecule has 2 rings (SSSR count). The summed E-state index contributed by atoms with van der Waals surface area (Å²) < 4.78 is 19.7. The van der Waals surface area contributed by atoms with Gasteiger partial charge < -0.3 is 15.4 Å². The van der Waals surface area contributed by atoms with Crippen LogP contribution in [0.5, 0.6) is 0 Å². The monoisotopic (exact) mass is 266 g/mol. The number of hydrogen-bond donors (Lipinski definition) is 1. The average Bonchev–Trinajstić information content (AvgIpc) is 2.41. The van der Waals surface area contributed by atoms with Crippen molar-refractivity contribution in [2.45, 2.75) is 32.3 Å². The summed E-state index contributed by atoms with van der Waals surface area (Å²) in [7, 11) is 0. The van der Waals surface area contributed by atoms with Gasteiger partial charge in [-0.25, -0.2) is 4.39 Å². The zero-order valence-electron chi connectivity index (χ0n) is 11.6. The number of nitrogens with two attached hydrogens (primary N) is 1. The molecule has 1 aliphatic heterocycles. The summed E-state index contributed by atoms with van der Waals surface area (Å²) in [6.45, 7) is 5.02. The number of piperidine rings is 1. The molecule has 0 amide bonds. The van der Waals surface area contributed by atoms with Crippen molar-refractivity contribution < 1.29 is 9.13 Å². The molecule has 1 aromatic carbocycles. The summed E-state index contributed by atoms with van der Waals surface area (Å²) in [5.74, 6) is -0.138. The number of benzene rings is 1. The number of hydrogen-bond acceptors (Lipinski definition) is 3. The molecule has 0 bridgehead atoms. The molecule has 0 spiro atoms. The number of para-hydroxylation sites is 1. The van der Waals surface area contributed by atoms with Crippen LogP contribution in [0.15, 0.2) is 18.2 Å². The van der Waals surface area contributed by atoms with Crippen molar-refractivity contribution in [2.75, 3.05) is 31.1 Å². The highest BCUT2D eigenvalue weighted by molar-refractivity contribution is 5.55. The Balaban J connectivity index is 2.10. The number of rotatable bonds is 5. The molecule has 0 aliphatic carbocycles. The van der Waals surface area contributed by atoms with Crippen LogP contribution in [0.25, 0.3) is 0 Å². The van der Waals surface area contributed by atoms with Crippen LogP contribution in [0.2, 0.25) is 0 Å². The second-order valence-electron chi connectivity index (χ2n) is 4.93. The Morgan fingerprint density at radius 2 is 2.11 bits per heavy atom. The normalized spacial score (nSPS) is 16.9. The maximum atomic E-state index is 14.1. The molecule has 3 nitrogen and oxygen atoms in total. The molecule has 4 heteroatoms. The van der Waals surface area contributed by atoms with Crippen LogP contribution in [0, 0.1) is 5.82 Å². The zero-order valence-corrected chi connectivity index (χ0v) is 11.6. The fourth-order valence-electron chi connectivity index (χ4n) is 2.75. The molecular formula is C15H23FN2O. The van der Waals surface area contributed by atoms with Gasteiger partial charge in [-0.05, 0) is 44.4 Å². The molecule has 1 saturated heterocycles. The minimum atomic E-state index is -0.138. The van der Waals surface area contributed by atoms with Gasteiger partial charge in [0.25, 0.3) is 0 Å². The third-order valence-electron chi connectivity index (χ3n) is 3.64. The SMILES string of the molecule is CCOC1CCN(c2c(F)cccc2CCN)CC1. The number of anilines is 1. The molecule has 1 aromatic rings. The summed E-state index contributed by atoms with van der Waals surface area (Å²) in [5, 5.41) is 0. The third-order valence-corrected chi connectivity index (χ3v) is 3.64. The van der Waals surface area contributed by atoms with Gasteiger partial charge in [0.05, 0.1) is 11.8 Å². The lowest BCUT2D eigenvalue weighted by Crippen LogP contribution is -2.38. The van der Waals surface area contributed by atoms with E-state index in [0.717, 1.165) is 50.2 Å². The molecule has 0 aromatic heterocycles. The summed E-state index contributed by atoms with van der Waals surface area (Å²) in [4.78, 5) is 2.13. The van der Waals surface area contributed by atoms with Gasteiger partial charge in [0.2, 0.25) is 0 Å². The Kier molecular flexibility index (Phi) is 5.16. The van der Waals surface area contributed by atoms with E-state index in [2.05, 4.69) is 4.90 Å². The lowest BCUT2D eigenvalue weighted by molar-refractivity contribution is 0.0458. The Labute approximate surface area is 114 Å². The molecule has 0 atom stereocenters. The van der Waals surface area contributed by atoms with Gasteiger partial charge in [0.1, 0.15) is 5.82 Å². The molecular weight excluding hydrogens is 243 g/mol. The second kappa shape index (κ2) is 6.87. The Hall–Kier alpha value is -1.13. The minimum Gasteiger partial charge on any atom is -0.378 e. The first-order chi connectivity index (χ1) is 9.26. The first kappa shape index (κ1) is 14.3. The van der Waals surface area contributed by atoms with Crippen molar-refractivity contribution in [3.8, 4) is 0 Å². The van der Waals surface area contributed by atoms with Gasteiger partial charge in [-0.2, -0.15) is 0 Å². The van der Waals surface area contributed by atoms with Gasteiger partial charge >= 0.3 is 0 Å². The van der Waals surface area contributed by atoms with Crippen LogP contribution >= 0.6 is 0 Å². The van der Waals surface area contributed by atoms with Crippen LogP contribution in [-0.4, -0.2) is 32.3 Å². The smallest absolute Gasteiger partial charge is 0.146 e. The van der Waals surface area contributed by atoms with E-state index in [9.17, 15) is 4.39 Å². The summed E-state index contributed by atoms with van der Waals surface area (Å²) in [6.07, 6.45) is 2.97. The van der Waals surface area contributed by atoms with Crippen molar-refractivity contribution >= 4 is 5.69 Å². The Morgan fingerprint density at radius 1 is 1.37 bits per heavy atom. The number of halogens is 1.